The minimum absolute atomic E-state index is 0.155. The molecule has 1 aliphatic rings. The Morgan fingerprint density at radius 3 is 2.33 bits per heavy atom. The molecule has 1 atom stereocenters. The maximum atomic E-state index is 11.6. The lowest BCUT2D eigenvalue weighted by Crippen LogP contribution is -2.25. The average molecular weight is 205 g/mol. The highest BCUT2D eigenvalue weighted by atomic mass is 16.3. The van der Waals surface area contributed by atoms with Crippen molar-refractivity contribution >= 4 is 11.8 Å². The van der Waals surface area contributed by atoms with E-state index in [1.54, 1.807) is 12.1 Å². The number of benzene rings is 1. The average Bonchev–Trinajstić information content (AvgIpc) is 2.47. The second-order valence-electron chi connectivity index (χ2n) is 3.64. The number of hydrogen-bond donors (Lipinski definition) is 1. The maximum absolute atomic E-state index is 11.6. The van der Waals surface area contributed by atoms with Gasteiger partial charge in [-0.1, -0.05) is 12.1 Å². The Labute approximate surface area is 87.1 Å². The highest BCUT2D eigenvalue weighted by Gasteiger charge is 2.36. The lowest BCUT2D eigenvalue weighted by Gasteiger charge is -2.08. The van der Waals surface area contributed by atoms with Crippen molar-refractivity contribution in [2.75, 3.05) is 7.05 Å². The van der Waals surface area contributed by atoms with E-state index in [-0.39, 0.29) is 29.9 Å². The van der Waals surface area contributed by atoms with E-state index in [4.69, 9.17) is 5.11 Å². The van der Waals surface area contributed by atoms with Gasteiger partial charge in [0.15, 0.2) is 0 Å². The first kappa shape index (κ1) is 9.71. The third-order valence-electron chi connectivity index (χ3n) is 2.68. The van der Waals surface area contributed by atoms with Crippen molar-refractivity contribution in [1.29, 1.82) is 0 Å². The molecule has 1 fully saturated rings. The molecule has 0 radical (unpaired) electrons. The summed E-state index contributed by atoms with van der Waals surface area (Å²) >= 11 is 0. The number of aromatic hydroxyl groups is 1. The van der Waals surface area contributed by atoms with Crippen LogP contribution in [0.3, 0.4) is 0 Å². The summed E-state index contributed by atoms with van der Waals surface area (Å²) in [5, 5.41) is 9.11. The third-order valence-corrected chi connectivity index (χ3v) is 2.68. The summed E-state index contributed by atoms with van der Waals surface area (Å²) in [5.74, 6) is -0.559. The Hall–Kier alpha value is -1.84. The van der Waals surface area contributed by atoms with E-state index >= 15 is 0 Å². The van der Waals surface area contributed by atoms with Gasteiger partial charge in [0.25, 0.3) is 0 Å². The van der Waals surface area contributed by atoms with E-state index in [1.165, 1.54) is 19.2 Å². The molecule has 0 spiro atoms. The van der Waals surface area contributed by atoms with Gasteiger partial charge in [0.05, 0.1) is 5.92 Å². The molecule has 1 heterocycles. The molecule has 0 bridgehead atoms. The Balaban J connectivity index is 2.29. The molecule has 4 heteroatoms. The van der Waals surface area contributed by atoms with E-state index < -0.39 is 0 Å². The minimum atomic E-state index is -0.386. The number of likely N-dealkylation sites (N-methyl/N-ethyl adjacent to an activating group) is 1. The van der Waals surface area contributed by atoms with Crippen molar-refractivity contribution in [2.45, 2.75) is 12.3 Å². The van der Waals surface area contributed by atoms with Crippen LogP contribution >= 0.6 is 0 Å². The Kier molecular flexibility index (Phi) is 2.19. The molecule has 1 aromatic rings. The van der Waals surface area contributed by atoms with E-state index in [2.05, 4.69) is 0 Å². The summed E-state index contributed by atoms with van der Waals surface area (Å²) in [6, 6.07) is 6.38. The molecular formula is C11H11NO3. The molecule has 2 rings (SSSR count). The van der Waals surface area contributed by atoms with Gasteiger partial charge in [-0.05, 0) is 17.7 Å². The maximum Gasteiger partial charge on any atom is 0.236 e. The van der Waals surface area contributed by atoms with Crippen LogP contribution in [-0.2, 0) is 9.59 Å². The molecule has 0 saturated carbocycles. The van der Waals surface area contributed by atoms with Gasteiger partial charge in [-0.2, -0.15) is 0 Å². The molecule has 4 nitrogen and oxygen atoms in total. The van der Waals surface area contributed by atoms with Crippen LogP contribution in [0.1, 0.15) is 17.9 Å². The quantitative estimate of drug-likeness (QED) is 0.692. The van der Waals surface area contributed by atoms with Gasteiger partial charge in [-0.25, -0.2) is 0 Å². The number of carbonyl (C=O) groups is 2. The second-order valence-corrected chi connectivity index (χ2v) is 3.64. The van der Waals surface area contributed by atoms with Gasteiger partial charge >= 0.3 is 0 Å². The summed E-state index contributed by atoms with van der Waals surface area (Å²) < 4.78 is 0. The molecule has 1 N–H and O–H groups in total. The fraction of sp³-hybridized carbons (Fsp3) is 0.273. The summed E-state index contributed by atoms with van der Waals surface area (Å²) in [5.41, 5.74) is 0.774. The standard InChI is InChI=1S/C11H11NO3/c1-12-10(14)6-9(11(12)15)7-2-4-8(13)5-3-7/h2-5,9,13H,6H2,1H3. The zero-order valence-corrected chi connectivity index (χ0v) is 8.30. The third kappa shape index (κ3) is 1.58. The van der Waals surface area contributed by atoms with Crippen molar-refractivity contribution in [3.63, 3.8) is 0 Å². The fourth-order valence-corrected chi connectivity index (χ4v) is 1.72. The first-order valence-corrected chi connectivity index (χ1v) is 4.69. The van der Waals surface area contributed by atoms with Gasteiger partial charge in [0.2, 0.25) is 11.8 Å². The fourth-order valence-electron chi connectivity index (χ4n) is 1.72. The molecule has 1 aliphatic heterocycles. The molecule has 1 aromatic carbocycles. The number of phenolic OH excluding ortho intramolecular Hbond substituents is 1. The summed E-state index contributed by atoms with van der Waals surface area (Å²) in [4.78, 5) is 24.1. The van der Waals surface area contributed by atoms with Crippen LogP contribution in [0.25, 0.3) is 0 Å². The molecule has 1 saturated heterocycles. The highest BCUT2D eigenvalue weighted by molar-refractivity contribution is 6.05. The molecule has 0 aliphatic carbocycles. The van der Waals surface area contributed by atoms with Crippen LogP contribution in [0.15, 0.2) is 24.3 Å². The van der Waals surface area contributed by atoms with Crippen molar-refractivity contribution < 1.29 is 14.7 Å². The normalized spacial score (nSPS) is 21.1. The minimum Gasteiger partial charge on any atom is -0.508 e. The number of nitrogens with zero attached hydrogens (tertiary/aromatic N) is 1. The molecular weight excluding hydrogens is 194 g/mol. The van der Waals surface area contributed by atoms with Crippen molar-refractivity contribution in [3.05, 3.63) is 29.8 Å². The molecule has 1 unspecified atom stereocenters. The molecule has 2 amide bonds. The largest absolute Gasteiger partial charge is 0.508 e. The smallest absolute Gasteiger partial charge is 0.236 e. The van der Waals surface area contributed by atoms with Crippen molar-refractivity contribution in [1.82, 2.24) is 4.90 Å². The number of imide groups is 1. The Morgan fingerprint density at radius 2 is 1.87 bits per heavy atom. The number of hydrogen-bond acceptors (Lipinski definition) is 3. The van der Waals surface area contributed by atoms with Crippen LogP contribution < -0.4 is 0 Å². The number of likely N-dealkylation sites (tertiary alicyclic amines) is 1. The predicted octanol–water partition coefficient (Wildman–Crippen LogP) is 0.864. The molecule has 0 aromatic heterocycles. The van der Waals surface area contributed by atoms with Crippen LogP contribution in [0.5, 0.6) is 5.75 Å². The van der Waals surface area contributed by atoms with Crippen LogP contribution in [0.4, 0.5) is 0 Å². The first-order chi connectivity index (χ1) is 7.09. The monoisotopic (exact) mass is 205 g/mol. The second kappa shape index (κ2) is 3.38. The zero-order valence-electron chi connectivity index (χ0n) is 8.30. The zero-order chi connectivity index (χ0) is 11.0. The van der Waals surface area contributed by atoms with E-state index in [0.29, 0.717) is 0 Å². The number of rotatable bonds is 1. The van der Waals surface area contributed by atoms with Gasteiger partial charge < -0.3 is 5.11 Å². The topological polar surface area (TPSA) is 57.6 Å². The van der Waals surface area contributed by atoms with E-state index in [9.17, 15) is 9.59 Å². The van der Waals surface area contributed by atoms with Crippen molar-refractivity contribution in [3.8, 4) is 5.75 Å². The van der Waals surface area contributed by atoms with Crippen molar-refractivity contribution in [2.24, 2.45) is 0 Å². The number of phenols is 1. The summed E-state index contributed by atoms with van der Waals surface area (Å²) in [7, 11) is 1.49. The van der Waals surface area contributed by atoms with Gasteiger partial charge in [-0.3, -0.25) is 14.5 Å². The van der Waals surface area contributed by atoms with Crippen LogP contribution in [0, 0.1) is 0 Å². The summed E-state index contributed by atoms with van der Waals surface area (Å²) in [6.45, 7) is 0. The van der Waals surface area contributed by atoms with E-state index in [1.807, 2.05) is 0 Å². The predicted molar refractivity (Wildman–Crippen MR) is 53.2 cm³/mol. The van der Waals surface area contributed by atoms with Gasteiger partial charge in [0, 0.05) is 13.5 Å². The lowest BCUT2D eigenvalue weighted by atomic mass is 9.98. The Morgan fingerprint density at radius 1 is 1.27 bits per heavy atom. The Bertz CT molecular complexity index is 410. The van der Waals surface area contributed by atoms with Gasteiger partial charge in [0.1, 0.15) is 5.75 Å². The SMILES string of the molecule is CN1C(=O)CC(c2ccc(O)cc2)C1=O. The van der Waals surface area contributed by atoms with Crippen LogP contribution in [0.2, 0.25) is 0 Å². The van der Waals surface area contributed by atoms with E-state index in [0.717, 1.165) is 10.5 Å². The van der Waals surface area contributed by atoms with Gasteiger partial charge in [-0.15, -0.1) is 0 Å². The summed E-state index contributed by atoms with van der Waals surface area (Å²) in [6.07, 6.45) is 0.222. The number of amides is 2. The molecule has 78 valence electrons. The highest BCUT2D eigenvalue weighted by Crippen LogP contribution is 2.29. The van der Waals surface area contributed by atoms with Crippen LogP contribution in [-0.4, -0.2) is 28.9 Å². The first-order valence-electron chi connectivity index (χ1n) is 4.69. The lowest BCUT2D eigenvalue weighted by molar-refractivity contribution is -0.137. The number of carbonyl (C=O) groups excluding carboxylic acids is 2. The molecule has 15 heavy (non-hydrogen) atoms.